The number of hydrogen-bond donors (Lipinski definition) is 1. The maximum atomic E-state index is 11.4. The fourth-order valence-electron chi connectivity index (χ4n) is 3.00. The first-order chi connectivity index (χ1) is 10.1. The lowest BCUT2D eigenvalue weighted by Gasteiger charge is -2.26. The average Bonchev–Trinajstić information content (AvgIpc) is 2.52. The van der Waals surface area contributed by atoms with E-state index in [2.05, 4.69) is 20.8 Å². The predicted octanol–water partition coefficient (Wildman–Crippen LogP) is 5.63. The lowest BCUT2D eigenvalue weighted by molar-refractivity contribution is -0.117. The van der Waals surface area contributed by atoms with Gasteiger partial charge in [-0.05, 0) is 32.1 Å². The molecule has 2 heteroatoms. The summed E-state index contributed by atoms with van der Waals surface area (Å²) in [5.74, 6) is 0. The van der Waals surface area contributed by atoms with Crippen LogP contribution in [-0.2, 0) is 4.79 Å². The maximum absolute atomic E-state index is 11.4. The van der Waals surface area contributed by atoms with Crippen LogP contribution < -0.4 is 5.73 Å². The normalized spacial score (nSPS) is 15.6. The Morgan fingerprint density at radius 1 is 0.905 bits per heavy atom. The molecule has 0 saturated carbocycles. The van der Waals surface area contributed by atoms with Crippen molar-refractivity contribution in [1.82, 2.24) is 0 Å². The van der Waals surface area contributed by atoms with Gasteiger partial charge in [0.1, 0.15) is 6.29 Å². The number of carbonyl (C=O) groups excluding carboxylic acids is 1. The minimum Gasteiger partial charge on any atom is -0.328 e. The van der Waals surface area contributed by atoms with Crippen LogP contribution in [0.3, 0.4) is 0 Å². The van der Waals surface area contributed by atoms with Crippen LogP contribution in [0.25, 0.3) is 0 Å². The van der Waals surface area contributed by atoms with Gasteiger partial charge in [-0.2, -0.15) is 0 Å². The molecule has 2 N–H and O–H groups in total. The molecule has 0 rings (SSSR count). The molecule has 0 saturated heterocycles. The monoisotopic (exact) mass is 297 g/mol. The first-order valence-corrected chi connectivity index (χ1v) is 9.36. The molecule has 0 fully saturated rings. The van der Waals surface area contributed by atoms with Gasteiger partial charge in [0.05, 0.1) is 0 Å². The molecular formula is C19H39NO. The lowest BCUT2D eigenvalue weighted by atomic mass is 9.77. The van der Waals surface area contributed by atoms with Gasteiger partial charge in [-0.1, -0.05) is 72.1 Å². The Kier molecular flexibility index (Phi) is 13.1. The summed E-state index contributed by atoms with van der Waals surface area (Å²) in [7, 11) is 0. The van der Waals surface area contributed by atoms with Crippen LogP contribution >= 0.6 is 0 Å². The zero-order valence-corrected chi connectivity index (χ0v) is 14.8. The molecule has 21 heavy (non-hydrogen) atoms. The third-order valence-corrected chi connectivity index (χ3v) is 5.01. The average molecular weight is 298 g/mol. The highest BCUT2D eigenvalue weighted by Gasteiger charge is 2.25. The Hall–Kier alpha value is -0.370. The Bertz CT molecular complexity index is 242. The topological polar surface area (TPSA) is 43.1 Å². The minimum absolute atomic E-state index is 0.0239. The molecule has 126 valence electrons. The first kappa shape index (κ1) is 20.6. The van der Waals surface area contributed by atoms with Crippen LogP contribution in [0, 0.1) is 5.41 Å². The molecule has 0 aliphatic heterocycles. The van der Waals surface area contributed by atoms with Crippen molar-refractivity contribution < 1.29 is 4.79 Å². The van der Waals surface area contributed by atoms with E-state index in [9.17, 15) is 4.79 Å². The summed E-state index contributed by atoms with van der Waals surface area (Å²) in [4.78, 5) is 11.4. The second-order valence-electron chi connectivity index (χ2n) is 6.77. The zero-order chi connectivity index (χ0) is 16.0. The summed E-state index contributed by atoms with van der Waals surface area (Å²) in [6.45, 7) is 6.53. The van der Waals surface area contributed by atoms with Gasteiger partial charge < -0.3 is 10.5 Å². The SMILES string of the molecule is CCCCC(C=O)(CC)CCCCCCCCC(N)CC. The molecule has 0 heterocycles. The van der Waals surface area contributed by atoms with E-state index in [1.165, 1.54) is 64.1 Å². The van der Waals surface area contributed by atoms with Crippen molar-refractivity contribution in [3.63, 3.8) is 0 Å². The molecule has 0 aliphatic rings. The summed E-state index contributed by atoms with van der Waals surface area (Å²) in [6, 6.07) is 0.404. The van der Waals surface area contributed by atoms with Gasteiger partial charge in [-0.25, -0.2) is 0 Å². The van der Waals surface area contributed by atoms with Crippen LogP contribution in [0.15, 0.2) is 0 Å². The van der Waals surface area contributed by atoms with Crippen molar-refractivity contribution in [1.29, 1.82) is 0 Å². The summed E-state index contributed by atoms with van der Waals surface area (Å²) in [5.41, 5.74) is 5.90. The molecule has 0 bridgehead atoms. The molecular weight excluding hydrogens is 258 g/mol. The molecule has 0 aromatic heterocycles. The van der Waals surface area contributed by atoms with Crippen LogP contribution in [0.2, 0.25) is 0 Å². The van der Waals surface area contributed by atoms with E-state index >= 15 is 0 Å². The van der Waals surface area contributed by atoms with E-state index in [4.69, 9.17) is 5.73 Å². The van der Waals surface area contributed by atoms with E-state index in [1.807, 2.05) is 0 Å². The van der Waals surface area contributed by atoms with Gasteiger partial charge in [0, 0.05) is 11.5 Å². The molecule has 2 unspecified atom stereocenters. The fourth-order valence-corrected chi connectivity index (χ4v) is 3.00. The Balaban J connectivity index is 3.65. The van der Waals surface area contributed by atoms with Crippen molar-refractivity contribution in [3.8, 4) is 0 Å². The third-order valence-electron chi connectivity index (χ3n) is 5.01. The van der Waals surface area contributed by atoms with E-state index in [0.717, 1.165) is 25.7 Å². The van der Waals surface area contributed by atoms with Crippen molar-refractivity contribution in [2.75, 3.05) is 0 Å². The minimum atomic E-state index is -0.0239. The van der Waals surface area contributed by atoms with E-state index in [0.29, 0.717) is 6.04 Å². The van der Waals surface area contributed by atoms with Gasteiger partial charge >= 0.3 is 0 Å². The number of hydrogen-bond acceptors (Lipinski definition) is 2. The summed E-state index contributed by atoms with van der Waals surface area (Å²) in [5, 5.41) is 0. The maximum Gasteiger partial charge on any atom is 0.126 e. The summed E-state index contributed by atoms with van der Waals surface area (Å²) >= 11 is 0. The largest absolute Gasteiger partial charge is 0.328 e. The van der Waals surface area contributed by atoms with Crippen LogP contribution in [0.4, 0.5) is 0 Å². The van der Waals surface area contributed by atoms with Crippen molar-refractivity contribution >= 4 is 6.29 Å². The standard InChI is InChI=1S/C19H39NO/c1-4-7-15-19(6-3,17-21)16-13-11-9-8-10-12-14-18(20)5-2/h17-18H,4-16,20H2,1-3H3. The quantitative estimate of drug-likeness (QED) is 0.314. The van der Waals surface area contributed by atoms with Crippen LogP contribution in [-0.4, -0.2) is 12.3 Å². The summed E-state index contributed by atoms with van der Waals surface area (Å²) in [6.07, 6.45) is 16.8. The summed E-state index contributed by atoms with van der Waals surface area (Å²) < 4.78 is 0. The molecule has 0 radical (unpaired) electrons. The van der Waals surface area contributed by atoms with Crippen LogP contribution in [0.5, 0.6) is 0 Å². The van der Waals surface area contributed by atoms with Gasteiger partial charge in [-0.3, -0.25) is 0 Å². The fraction of sp³-hybridized carbons (Fsp3) is 0.947. The highest BCUT2D eigenvalue weighted by Crippen LogP contribution is 2.32. The van der Waals surface area contributed by atoms with Crippen molar-refractivity contribution in [3.05, 3.63) is 0 Å². The molecule has 2 nitrogen and oxygen atoms in total. The number of rotatable bonds is 15. The third kappa shape index (κ3) is 10.1. The molecule has 0 aliphatic carbocycles. The molecule has 0 aromatic carbocycles. The Labute approximate surface area is 133 Å². The first-order valence-electron chi connectivity index (χ1n) is 9.36. The highest BCUT2D eigenvalue weighted by molar-refractivity contribution is 5.59. The number of nitrogens with two attached hydrogens (primary N) is 1. The molecule has 0 aromatic rings. The Morgan fingerprint density at radius 3 is 2.00 bits per heavy atom. The second-order valence-corrected chi connectivity index (χ2v) is 6.77. The van der Waals surface area contributed by atoms with Crippen molar-refractivity contribution in [2.24, 2.45) is 11.1 Å². The Morgan fingerprint density at radius 2 is 1.48 bits per heavy atom. The number of aldehydes is 1. The van der Waals surface area contributed by atoms with Crippen LogP contribution in [0.1, 0.15) is 104 Å². The highest BCUT2D eigenvalue weighted by atomic mass is 16.1. The van der Waals surface area contributed by atoms with Gasteiger partial charge in [0.2, 0.25) is 0 Å². The van der Waals surface area contributed by atoms with E-state index < -0.39 is 0 Å². The van der Waals surface area contributed by atoms with Gasteiger partial charge in [0.25, 0.3) is 0 Å². The second kappa shape index (κ2) is 13.3. The zero-order valence-electron chi connectivity index (χ0n) is 14.8. The molecule has 2 atom stereocenters. The van der Waals surface area contributed by atoms with E-state index in [1.54, 1.807) is 0 Å². The smallest absolute Gasteiger partial charge is 0.126 e. The predicted molar refractivity (Wildman–Crippen MR) is 93.5 cm³/mol. The molecule has 0 spiro atoms. The lowest BCUT2D eigenvalue weighted by Crippen LogP contribution is -2.21. The van der Waals surface area contributed by atoms with Gasteiger partial charge in [0.15, 0.2) is 0 Å². The van der Waals surface area contributed by atoms with E-state index in [-0.39, 0.29) is 5.41 Å². The number of unbranched alkanes of at least 4 members (excludes halogenated alkanes) is 6. The number of carbonyl (C=O) groups is 1. The van der Waals surface area contributed by atoms with Gasteiger partial charge in [-0.15, -0.1) is 0 Å². The van der Waals surface area contributed by atoms with Crippen molar-refractivity contribution in [2.45, 2.75) is 110 Å². The molecule has 0 amide bonds.